The van der Waals surface area contributed by atoms with Crippen LogP contribution in [-0.4, -0.2) is 0 Å². The molecule has 1 aliphatic rings. The van der Waals surface area contributed by atoms with Crippen LogP contribution < -0.4 is 4.90 Å². The molecule has 0 fully saturated rings. The van der Waals surface area contributed by atoms with Gasteiger partial charge < -0.3 is 4.90 Å². The second kappa shape index (κ2) is 9.32. The Bertz CT molecular complexity index is 1420. The highest BCUT2D eigenvalue weighted by molar-refractivity contribution is 5.94. The van der Waals surface area contributed by atoms with Gasteiger partial charge in [0.1, 0.15) is 0 Å². The molecule has 1 nitrogen and oxygen atoms in total. The summed E-state index contributed by atoms with van der Waals surface area (Å²) < 4.78 is 0. The molecule has 1 heterocycles. The smallest absolute Gasteiger partial charge is 0.0534 e. The van der Waals surface area contributed by atoms with E-state index in [0.29, 0.717) is 0 Å². The van der Waals surface area contributed by atoms with Gasteiger partial charge in [-0.05, 0) is 63.7 Å². The maximum Gasteiger partial charge on any atom is 0.0534 e. The summed E-state index contributed by atoms with van der Waals surface area (Å²) in [5, 5.41) is 0. The van der Waals surface area contributed by atoms with Crippen molar-refractivity contribution >= 4 is 40.9 Å². The third kappa shape index (κ3) is 4.20. The second-order valence-corrected chi connectivity index (χ2v) is 8.67. The average molecular weight is 448 g/mol. The second-order valence-electron chi connectivity index (χ2n) is 8.67. The molecule has 0 radical (unpaired) electrons. The highest BCUT2D eigenvalue weighted by Crippen LogP contribution is 2.41. The van der Waals surface area contributed by atoms with Crippen molar-refractivity contribution in [2.24, 2.45) is 0 Å². The van der Waals surface area contributed by atoms with Gasteiger partial charge in [-0.1, -0.05) is 121 Å². The Hall–Kier alpha value is -4.62. The van der Waals surface area contributed by atoms with Gasteiger partial charge in [0.05, 0.1) is 11.4 Å². The highest BCUT2D eigenvalue weighted by Gasteiger charge is 2.19. The first kappa shape index (κ1) is 20.9. The summed E-state index contributed by atoms with van der Waals surface area (Å²) in [5.41, 5.74) is 10.8. The fourth-order valence-corrected chi connectivity index (χ4v) is 4.71. The van der Waals surface area contributed by atoms with E-state index in [2.05, 4.69) is 157 Å². The first-order valence-corrected chi connectivity index (χ1v) is 12.0. The zero-order valence-electron chi connectivity index (χ0n) is 19.4. The number of fused-ring (bicyclic) bond motifs is 2. The summed E-state index contributed by atoms with van der Waals surface area (Å²) in [4.78, 5) is 2.35. The minimum absolute atomic E-state index is 1.15. The van der Waals surface area contributed by atoms with Crippen LogP contribution in [0.5, 0.6) is 0 Å². The lowest BCUT2D eigenvalue weighted by molar-refractivity contribution is 1.28. The van der Waals surface area contributed by atoms with Crippen LogP contribution in [-0.2, 0) is 0 Å². The van der Waals surface area contributed by atoms with E-state index < -0.39 is 0 Å². The van der Waals surface area contributed by atoms with Crippen molar-refractivity contribution in [3.63, 3.8) is 0 Å². The molecule has 6 rings (SSSR count). The lowest BCUT2D eigenvalue weighted by Crippen LogP contribution is -2.11. The third-order valence-electron chi connectivity index (χ3n) is 6.43. The quantitative estimate of drug-likeness (QED) is 0.243. The van der Waals surface area contributed by atoms with Gasteiger partial charge in [-0.25, -0.2) is 0 Å². The zero-order chi connectivity index (χ0) is 23.5. The van der Waals surface area contributed by atoms with Crippen LogP contribution in [0.15, 0.2) is 133 Å². The van der Waals surface area contributed by atoms with Crippen LogP contribution in [0.2, 0.25) is 0 Å². The van der Waals surface area contributed by atoms with Gasteiger partial charge in [0.15, 0.2) is 0 Å². The Labute approximate surface area is 206 Å². The van der Waals surface area contributed by atoms with Crippen molar-refractivity contribution in [3.05, 3.63) is 161 Å². The lowest BCUT2D eigenvalue weighted by atomic mass is 9.95. The van der Waals surface area contributed by atoms with Crippen molar-refractivity contribution in [1.29, 1.82) is 0 Å². The monoisotopic (exact) mass is 447 g/mol. The first-order valence-electron chi connectivity index (χ1n) is 12.0. The Morgan fingerprint density at radius 2 is 0.914 bits per heavy atom. The number of benzene rings is 5. The topological polar surface area (TPSA) is 3.24 Å². The fraction of sp³-hybridized carbons (Fsp3) is 0. The summed E-state index contributed by atoms with van der Waals surface area (Å²) in [5.74, 6) is 0. The largest absolute Gasteiger partial charge is 0.309 e. The Morgan fingerprint density at radius 1 is 0.457 bits per heavy atom. The number of anilines is 3. The van der Waals surface area contributed by atoms with Gasteiger partial charge in [-0.15, -0.1) is 0 Å². The zero-order valence-corrected chi connectivity index (χ0v) is 19.4. The van der Waals surface area contributed by atoms with E-state index in [1.54, 1.807) is 0 Å². The predicted octanol–water partition coefficient (Wildman–Crippen LogP) is 9.23. The molecule has 0 amide bonds. The van der Waals surface area contributed by atoms with E-state index in [1.165, 1.54) is 44.8 Å². The van der Waals surface area contributed by atoms with Crippen LogP contribution in [0.25, 0.3) is 23.8 Å². The molecule has 1 aliphatic heterocycles. The molecule has 5 aromatic rings. The number of nitrogens with zero attached hydrogens (tertiary/aromatic N) is 1. The maximum atomic E-state index is 2.35. The molecule has 0 atom stereocenters. The minimum atomic E-state index is 1.15. The van der Waals surface area contributed by atoms with E-state index in [4.69, 9.17) is 0 Å². The van der Waals surface area contributed by atoms with E-state index in [1.807, 2.05) is 0 Å². The van der Waals surface area contributed by atoms with Gasteiger partial charge in [0.25, 0.3) is 0 Å². The van der Waals surface area contributed by atoms with E-state index >= 15 is 0 Å². The maximum absolute atomic E-state index is 2.35. The third-order valence-corrected chi connectivity index (χ3v) is 6.43. The Kier molecular flexibility index (Phi) is 5.58. The standard InChI is InChI=1S/C34H25N/c1-3-11-27(12-4-1)32(28-13-5-2-6-14-28)25-26-19-23-31(24-20-26)35-33-17-9-7-15-29(33)21-22-30-16-8-10-18-34(30)35/h1-25H. The molecular formula is C34H25N. The van der Waals surface area contributed by atoms with E-state index in [-0.39, 0.29) is 0 Å². The molecule has 0 saturated carbocycles. The van der Waals surface area contributed by atoms with Crippen LogP contribution in [0.4, 0.5) is 17.1 Å². The predicted molar refractivity (Wildman–Crippen MR) is 150 cm³/mol. The van der Waals surface area contributed by atoms with Crippen LogP contribution >= 0.6 is 0 Å². The van der Waals surface area contributed by atoms with Crippen LogP contribution in [0.3, 0.4) is 0 Å². The number of para-hydroxylation sites is 2. The fourth-order valence-electron chi connectivity index (χ4n) is 4.71. The van der Waals surface area contributed by atoms with Crippen molar-refractivity contribution < 1.29 is 0 Å². The van der Waals surface area contributed by atoms with Crippen molar-refractivity contribution in [1.82, 2.24) is 0 Å². The molecule has 0 aliphatic carbocycles. The molecule has 35 heavy (non-hydrogen) atoms. The summed E-state index contributed by atoms with van der Waals surface area (Å²) >= 11 is 0. The van der Waals surface area contributed by atoms with Crippen LogP contribution in [0, 0.1) is 0 Å². The SMILES string of the molecule is C1=Cc2ccccc2N(c2ccc(C=C(c3ccccc3)c3ccccc3)cc2)c2ccccc21. The summed E-state index contributed by atoms with van der Waals surface area (Å²) in [6, 6.07) is 47.2. The molecule has 0 saturated heterocycles. The number of hydrogen-bond donors (Lipinski definition) is 0. The molecule has 0 spiro atoms. The van der Waals surface area contributed by atoms with Crippen molar-refractivity contribution in [2.75, 3.05) is 4.90 Å². The Balaban J connectivity index is 1.43. The first-order chi connectivity index (χ1) is 17.4. The number of hydrogen-bond acceptors (Lipinski definition) is 1. The van der Waals surface area contributed by atoms with Gasteiger partial charge >= 0.3 is 0 Å². The number of rotatable bonds is 4. The highest BCUT2D eigenvalue weighted by atomic mass is 15.1. The Morgan fingerprint density at radius 3 is 1.43 bits per heavy atom. The van der Waals surface area contributed by atoms with Crippen LogP contribution in [0.1, 0.15) is 27.8 Å². The molecule has 166 valence electrons. The molecule has 0 bridgehead atoms. The summed E-state index contributed by atoms with van der Waals surface area (Å²) in [6.07, 6.45) is 6.69. The molecule has 5 aromatic carbocycles. The average Bonchev–Trinajstić information content (AvgIpc) is 3.10. The summed E-state index contributed by atoms with van der Waals surface area (Å²) in [6.45, 7) is 0. The van der Waals surface area contributed by atoms with Gasteiger partial charge in [-0.2, -0.15) is 0 Å². The minimum Gasteiger partial charge on any atom is -0.309 e. The molecule has 0 unspecified atom stereocenters. The normalized spacial score (nSPS) is 11.8. The van der Waals surface area contributed by atoms with Crippen molar-refractivity contribution in [3.8, 4) is 0 Å². The van der Waals surface area contributed by atoms with E-state index in [0.717, 1.165) is 5.69 Å². The van der Waals surface area contributed by atoms with E-state index in [9.17, 15) is 0 Å². The summed E-state index contributed by atoms with van der Waals surface area (Å²) in [7, 11) is 0. The van der Waals surface area contributed by atoms with Gasteiger partial charge in [-0.3, -0.25) is 0 Å². The lowest BCUT2D eigenvalue weighted by Gasteiger charge is -2.27. The molecule has 1 heteroatoms. The molecule has 0 aromatic heterocycles. The van der Waals surface area contributed by atoms with Gasteiger partial charge in [0.2, 0.25) is 0 Å². The molecular weight excluding hydrogens is 422 g/mol. The van der Waals surface area contributed by atoms with Crippen molar-refractivity contribution in [2.45, 2.75) is 0 Å². The molecule has 0 N–H and O–H groups in total. The van der Waals surface area contributed by atoms with Gasteiger partial charge in [0, 0.05) is 5.69 Å².